The number of halogens is 1. The van der Waals surface area contributed by atoms with Gasteiger partial charge in [0, 0.05) is 12.6 Å². The molecule has 0 radical (unpaired) electrons. The monoisotopic (exact) mass is 362 g/mol. The quantitative estimate of drug-likeness (QED) is 0.858. The number of hydrogen-bond donors (Lipinski definition) is 2. The molecule has 2 aromatic carbocycles. The molecular formula is C18H19FN2O3S. The summed E-state index contributed by atoms with van der Waals surface area (Å²) in [6.07, 6.45) is 2.24. The van der Waals surface area contributed by atoms with Crippen molar-refractivity contribution in [1.29, 1.82) is 0 Å². The molecule has 0 spiro atoms. The second-order valence-corrected chi connectivity index (χ2v) is 7.94. The molecule has 1 saturated carbocycles. The van der Waals surface area contributed by atoms with Crippen LogP contribution in [0, 0.1) is 5.82 Å². The van der Waals surface area contributed by atoms with Gasteiger partial charge in [0.1, 0.15) is 5.82 Å². The fourth-order valence-corrected chi connectivity index (χ4v) is 4.43. The second-order valence-electron chi connectivity index (χ2n) is 6.25. The van der Waals surface area contributed by atoms with E-state index in [-0.39, 0.29) is 16.6 Å². The third-order valence-electron chi connectivity index (χ3n) is 4.42. The van der Waals surface area contributed by atoms with Crippen LogP contribution in [0.4, 0.5) is 10.1 Å². The Balaban J connectivity index is 1.84. The van der Waals surface area contributed by atoms with Crippen molar-refractivity contribution in [2.24, 2.45) is 0 Å². The molecule has 2 N–H and O–H groups in total. The number of anilines is 1. The maximum absolute atomic E-state index is 13.2. The number of nitrogens with one attached hydrogen (secondary N) is 2. The van der Waals surface area contributed by atoms with E-state index >= 15 is 0 Å². The van der Waals surface area contributed by atoms with Gasteiger partial charge < -0.3 is 5.32 Å². The standard InChI is InChI=1S/C18H19FN2O3S/c1-13(22)20-16-7-9-17(10-8-16)25(23,24)21-18(11-2-12-18)14-3-5-15(19)6-4-14/h3-10,21H,2,11-12H2,1H3,(H,20,22). The van der Waals surface area contributed by atoms with Gasteiger partial charge in [-0.3, -0.25) is 4.79 Å². The average molecular weight is 362 g/mol. The van der Waals surface area contributed by atoms with Crippen LogP contribution in [0.25, 0.3) is 0 Å². The number of carbonyl (C=O) groups is 1. The van der Waals surface area contributed by atoms with Crippen LogP contribution in [0.5, 0.6) is 0 Å². The van der Waals surface area contributed by atoms with Crippen molar-refractivity contribution in [2.75, 3.05) is 5.32 Å². The Bertz CT molecular complexity index is 874. The molecule has 1 fully saturated rings. The minimum Gasteiger partial charge on any atom is -0.326 e. The summed E-state index contributed by atoms with van der Waals surface area (Å²) >= 11 is 0. The normalized spacial score (nSPS) is 16.1. The molecule has 0 aromatic heterocycles. The highest BCUT2D eigenvalue weighted by atomic mass is 32.2. The largest absolute Gasteiger partial charge is 0.326 e. The number of carbonyl (C=O) groups excluding carboxylic acids is 1. The van der Waals surface area contributed by atoms with Crippen LogP contribution in [0.1, 0.15) is 31.7 Å². The van der Waals surface area contributed by atoms with Gasteiger partial charge in [-0.25, -0.2) is 17.5 Å². The van der Waals surface area contributed by atoms with Gasteiger partial charge in [-0.1, -0.05) is 12.1 Å². The summed E-state index contributed by atoms with van der Waals surface area (Å²) in [4.78, 5) is 11.2. The third kappa shape index (κ3) is 3.72. The predicted molar refractivity (Wildman–Crippen MR) is 93.0 cm³/mol. The molecule has 5 nitrogen and oxygen atoms in total. The number of benzene rings is 2. The molecule has 1 aliphatic rings. The van der Waals surface area contributed by atoms with Crippen molar-refractivity contribution in [2.45, 2.75) is 36.6 Å². The van der Waals surface area contributed by atoms with Gasteiger partial charge in [-0.15, -0.1) is 0 Å². The Morgan fingerprint density at radius 3 is 2.12 bits per heavy atom. The fourth-order valence-electron chi connectivity index (χ4n) is 2.99. The zero-order valence-electron chi connectivity index (χ0n) is 13.8. The van der Waals surface area contributed by atoms with Crippen LogP contribution in [-0.2, 0) is 20.4 Å². The summed E-state index contributed by atoms with van der Waals surface area (Å²) in [7, 11) is -3.74. The molecule has 7 heteroatoms. The molecule has 1 amide bonds. The average Bonchev–Trinajstić information content (AvgIpc) is 2.52. The first kappa shape index (κ1) is 17.6. The van der Waals surface area contributed by atoms with Gasteiger partial charge in [-0.05, 0) is 61.2 Å². The first-order valence-corrected chi connectivity index (χ1v) is 9.47. The molecule has 2 aromatic rings. The Morgan fingerprint density at radius 1 is 1.04 bits per heavy atom. The van der Waals surface area contributed by atoms with E-state index in [1.165, 1.54) is 31.2 Å². The summed E-state index contributed by atoms with van der Waals surface area (Å²) in [5.74, 6) is -0.576. The van der Waals surface area contributed by atoms with Crippen molar-refractivity contribution < 1.29 is 17.6 Å². The SMILES string of the molecule is CC(=O)Nc1ccc(S(=O)(=O)NC2(c3ccc(F)cc3)CCC2)cc1. The molecule has 0 heterocycles. The number of amides is 1. The van der Waals surface area contributed by atoms with E-state index < -0.39 is 15.6 Å². The smallest absolute Gasteiger partial charge is 0.241 e. The van der Waals surface area contributed by atoms with E-state index in [1.54, 1.807) is 24.3 Å². The van der Waals surface area contributed by atoms with Crippen LogP contribution in [0.15, 0.2) is 53.4 Å². The van der Waals surface area contributed by atoms with Crippen LogP contribution in [-0.4, -0.2) is 14.3 Å². The summed E-state index contributed by atoms with van der Waals surface area (Å²) < 4.78 is 41.4. The number of hydrogen-bond acceptors (Lipinski definition) is 3. The Kier molecular flexibility index (Phi) is 4.62. The minimum absolute atomic E-state index is 0.120. The Labute approximate surface area is 146 Å². The number of rotatable bonds is 5. The highest BCUT2D eigenvalue weighted by Gasteiger charge is 2.42. The first-order chi connectivity index (χ1) is 11.8. The summed E-state index contributed by atoms with van der Waals surface area (Å²) in [5, 5.41) is 2.60. The van der Waals surface area contributed by atoms with Gasteiger partial charge in [0.2, 0.25) is 15.9 Å². The lowest BCUT2D eigenvalue weighted by Crippen LogP contribution is -2.50. The van der Waals surface area contributed by atoms with Crippen molar-refractivity contribution in [3.63, 3.8) is 0 Å². The molecular weight excluding hydrogens is 343 g/mol. The maximum Gasteiger partial charge on any atom is 0.241 e. The van der Waals surface area contributed by atoms with Gasteiger partial charge in [0.25, 0.3) is 0 Å². The molecule has 25 heavy (non-hydrogen) atoms. The molecule has 1 aliphatic carbocycles. The van der Waals surface area contributed by atoms with E-state index in [2.05, 4.69) is 10.0 Å². The van der Waals surface area contributed by atoms with E-state index in [4.69, 9.17) is 0 Å². The molecule has 0 saturated heterocycles. The second kappa shape index (κ2) is 6.57. The van der Waals surface area contributed by atoms with E-state index in [0.717, 1.165) is 12.0 Å². The summed E-state index contributed by atoms with van der Waals surface area (Å²) in [5.41, 5.74) is 0.602. The molecule has 0 atom stereocenters. The third-order valence-corrected chi connectivity index (χ3v) is 5.97. The van der Waals surface area contributed by atoms with Crippen molar-refractivity contribution in [3.05, 3.63) is 59.9 Å². The van der Waals surface area contributed by atoms with E-state index in [1.807, 2.05) is 0 Å². The molecule has 0 unspecified atom stereocenters. The number of sulfonamides is 1. The lowest BCUT2D eigenvalue weighted by Gasteiger charge is -2.42. The molecule has 0 aliphatic heterocycles. The fraction of sp³-hybridized carbons (Fsp3) is 0.278. The van der Waals surface area contributed by atoms with Crippen molar-refractivity contribution in [3.8, 4) is 0 Å². The maximum atomic E-state index is 13.2. The van der Waals surface area contributed by atoms with Crippen LogP contribution >= 0.6 is 0 Å². The van der Waals surface area contributed by atoms with Gasteiger partial charge in [-0.2, -0.15) is 0 Å². The van der Waals surface area contributed by atoms with Crippen molar-refractivity contribution >= 4 is 21.6 Å². The molecule has 0 bridgehead atoms. The Hall–Kier alpha value is -2.25. The highest BCUT2D eigenvalue weighted by molar-refractivity contribution is 7.89. The molecule has 3 rings (SSSR count). The van der Waals surface area contributed by atoms with Gasteiger partial charge in [0.15, 0.2) is 0 Å². The van der Waals surface area contributed by atoms with Crippen molar-refractivity contribution in [1.82, 2.24) is 4.72 Å². The molecule has 132 valence electrons. The van der Waals surface area contributed by atoms with E-state index in [0.29, 0.717) is 18.5 Å². The van der Waals surface area contributed by atoms with Gasteiger partial charge >= 0.3 is 0 Å². The lowest BCUT2D eigenvalue weighted by atomic mass is 9.73. The van der Waals surface area contributed by atoms with E-state index in [9.17, 15) is 17.6 Å². The Morgan fingerprint density at radius 2 is 1.64 bits per heavy atom. The summed E-state index contributed by atoms with van der Waals surface area (Å²) in [6.45, 7) is 1.38. The highest BCUT2D eigenvalue weighted by Crippen LogP contribution is 2.42. The topological polar surface area (TPSA) is 75.3 Å². The zero-order chi connectivity index (χ0) is 18.1. The first-order valence-electron chi connectivity index (χ1n) is 7.98. The van der Waals surface area contributed by atoms with Crippen LogP contribution < -0.4 is 10.0 Å². The van der Waals surface area contributed by atoms with Gasteiger partial charge in [0.05, 0.1) is 10.4 Å². The summed E-state index contributed by atoms with van der Waals surface area (Å²) in [6, 6.07) is 11.9. The minimum atomic E-state index is -3.74. The zero-order valence-corrected chi connectivity index (χ0v) is 14.6. The van der Waals surface area contributed by atoms with Crippen LogP contribution in [0.3, 0.4) is 0 Å². The predicted octanol–water partition coefficient (Wildman–Crippen LogP) is 3.14. The van der Waals surface area contributed by atoms with Crippen LogP contribution in [0.2, 0.25) is 0 Å². The lowest BCUT2D eigenvalue weighted by molar-refractivity contribution is -0.114.